The second-order valence-electron chi connectivity index (χ2n) is 8.92. The Hall–Kier alpha value is -2.69. The van der Waals surface area contributed by atoms with E-state index in [-0.39, 0.29) is 17.2 Å². The molecule has 144 valence electrons. The van der Waals surface area contributed by atoms with E-state index in [2.05, 4.69) is 15.6 Å². The lowest BCUT2D eigenvalue weighted by molar-refractivity contribution is -0.140. The molecule has 2 amide bonds. The third-order valence-corrected chi connectivity index (χ3v) is 6.86. The summed E-state index contributed by atoms with van der Waals surface area (Å²) in [5.74, 6) is 2.24. The lowest BCUT2D eigenvalue weighted by Crippen LogP contribution is -2.51. The topological polar surface area (TPSA) is 71.1 Å². The molecule has 5 nitrogen and oxygen atoms in total. The largest absolute Gasteiger partial charge is 0.326 e. The van der Waals surface area contributed by atoms with Crippen LogP contribution in [-0.2, 0) is 4.79 Å². The van der Waals surface area contributed by atoms with Gasteiger partial charge in [-0.1, -0.05) is 0 Å². The monoisotopic (exact) mass is 375 g/mol. The fourth-order valence-electron chi connectivity index (χ4n) is 6.00. The molecule has 0 unspecified atom stereocenters. The van der Waals surface area contributed by atoms with Crippen molar-refractivity contribution in [3.8, 4) is 0 Å². The molecule has 4 bridgehead atoms. The first-order valence-corrected chi connectivity index (χ1v) is 10.2. The van der Waals surface area contributed by atoms with Crippen molar-refractivity contribution in [1.29, 1.82) is 0 Å². The van der Waals surface area contributed by atoms with Crippen LogP contribution in [0.15, 0.2) is 48.8 Å². The third kappa shape index (κ3) is 3.19. The highest BCUT2D eigenvalue weighted by Gasteiger charge is 2.54. The van der Waals surface area contributed by atoms with Crippen molar-refractivity contribution >= 4 is 23.2 Å². The molecule has 0 atom stereocenters. The summed E-state index contributed by atoms with van der Waals surface area (Å²) < 4.78 is 0. The number of rotatable bonds is 4. The number of benzene rings is 1. The van der Waals surface area contributed by atoms with Crippen LogP contribution >= 0.6 is 0 Å². The zero-order valence-corrected chi connectivity index (χ0v) is 15.9. The zero-order chi connectivity index (χ0) is 19.1. The van der Waals surface area contributed by atoms with Crippen LogP contribution in [0.25, 0.3) is 0 Å². The van der Waals surface area contributed by atoms with Gasteiger partial charge in [-0.3, -0.25) is 14.6 Å². The van der Waals surface area contributed by atoms with E-state index in [1.807, 2.05) is 12.1 Å². The van der Waals surface area contributed by atoms with Crippen LogP contribution in [0.5, 0.6) is 0 Å². The van der Waals surface area contributed by atoms with E-state index in [9.17, 15) is 9.59 Å². The zero-order valence-electron chi connectivity index (χ0n) is 15.9. The van der Waals surface area contributed by atoms with Gasteiger partial charge in [-0.25, -0.2) is 0 Å². The fourth-order valence-corrected chi connectivity index (χ4v) is 6.00. The Balaban J connectivity index is 1.25. The number of hydrogen-bond acceptors (Lipinski definition) is 3. The molecule has 1 aromatic carbocycles. The number of nitrogens with one attached hydrogen (secondary N) is 2. The summed E-state index contributed by atoms with van der Waals surface area (Å²) in [6.45, 7) is 0. The highest BCUT2D eigenvalue weighted by molar-refractivity contribution is 6.04. The number of nitrogens with zero attached hydrogens (tertiary/aromatic N) is 1. The Bertz CT molecular complexity index is 857. The summed E-state index contributed by atoms with van der Waals surface area (Å²) in [4.78, 5) is 29.4. The second-order valence-corrected chi connectivity index (χ2v) is 8.92. The number of carbonyl (C=O) groups is 2. The minimum absolute atomic E-state index is 0.161. The van der Waals surface area contributed by atoms with Gasteiger partial charge in [-0.15, -0.1) is 0 Å². The van der Waals surface area contributed by atoms with Gasteiger partial charge in [0.2, 0.25) is 5.91 Å². The van der Waals surface area contributed by atoms with Crippen LogP contribution in [0.3, 0.4) is 0 Å². The minimum Gasteiger partial charge on any atom is -0.326 e. The van der Waals surface area contributed by atoms with Gasteiger partial charge in [0, 0.05) is 29.3 Å². The number of pyridine rings is 1. The average Bonchev–Trinajstić information content (AvgIpc) is 2.68. The van der Waals surface area contributed by atoms with Crippen molar-refractivity contribution in [1.82, 2.24) is 4.98 Å². The first kappa shape index (κ1) is 17.4. The summed E-state index contributed by atoms with van der Waals surface area (Å²) in [6, 6.07) is 10.6. The van der Waals surface area contributed by atoms with Crippen molar-refractivity contribution in [3.05, 3.63) is 54.4 Å². The second kappa shape index (κ2) is 6.73. The molecule has 0 radical (unpaired) electrons. The molecular formula is C23H25N3O2. The lowest BCUT2D eigenvalue weighted by Gasteiger charge is -2.55. The molecule has 6 rings (SSSR count). The molecule has 2 N–H and O–H groups in total. The Labute approximate surface area is 164 Å². The third-order valence-electron chi connectivity index (χ3n) is 6.86. The maximum absolute atomic E-state index is 13.1. The van der Waals surface area contributed by atoms with E-state index in [1.165, 1.54) is 19.3 Å². The summed E-state index contributed by atoms with van der Waals surface area (Å²) in [7, 11) is 0. The number of anilines is 2. The van der Waals surface area contributed by atoms with E-state index < -0.39 is 0 Å². The van der Waals surface area contributed by atoms with Crippen LogP contribution in [0, 0.1) is 23.2 Å². The van der Waals surface area contributed by atoms with Gasteiger partial charge in [-0.2, -0.15) is 0 Å². The van der Waals surface area contributed by atoms with Crippen molar-refractivity contribution < 1.29 is 9.59 Å². The van der Waals surface area contributed by atoms with E-state index in [4.69, 9.17) is 0 Å². The summed E-state index contributed by atoms with van der Waals surface area (Å²) in [5.41, 5.74) is 1.87. The van der Waals surface area contributed by atoms with Crippen LogP contribution in [-0.4, -0.2) is 16.8 Å². The summed E-state index contributed by atoms with van der Waals surface area (Å²) in [6.07, 6.45) is 10.4. The maximum atomic E-state index is 13.1. The average molecular weight is 375 g/mol. The van der Waals surface area contributed by atoms with Crippen molar-refractivity contribution in [2.75, 3.05) is 10.6 Å². The molecule has 4 fully saturated rings. The molecule has 4 aliphatic carbocycles. The molecule has 2 aromatic rings. The van der Waals surface area contributed by atoms with Gasteiger partial charge in [0.05, 0.1) is 5.41 Å². The molecular weight excluding hydrogens is 350 g/mol. The maximum Gasteiger partial charge on any atom is 0.255 e. The van der Waals surface area contributed by atoms with E-state index >= 15 is 0 Å². The molecule has 0 spiro atoms. The molecule has 28 heavy (non-hydrogen) atoms. The predicted molar refractivity (Wildman–Crippen MR) is 108 cm³/mol. The van der Waals surface area contributed by atoms with Gasteiger partial charge in [-0.05, 0) is 92.7 Å². The molecule has 4 saturated carbocycles. The first-order chi connectivity index (χ1) is 13.6. The van der Waals surface area contributed by atoms with Crippen LogP contribution < -0.4 is 10.6 Å². The Morgan fingerprint density at radius 1 is 0.786 bits per heavy atom. The van der Waals surface area contributed by atoms with Gasteiger partial charge >= 0.3 is 0 Å². The van der Waals surface area contributed by atoms with E-state index in [0.29, 0.717) is 11.3 Å². The molecule has 0 aliphatic heterocycles. The Kier molecular flexibility index (Phi) is 4.18. The molecule has 4 aliphatic rings. The minimum atomic E-state index is -0.176. The van der Waals surface area contributed by atoms with Crippen LogP contribution in [0.4, 0.5) is 11.4 Å². The number of amides is 2. The van der Waals surface area contributed by atoms with Gasteiger partial charge in [0.1, 0.15) is 0 Å². The molecule has 1 aromatic heterocycles. The van der Waals surface area contributed by atoms with Crippen LogP contribution in [0.2, 0.25) is 0 Å². The summed E-state index contributed by atoms with van der Waals surface area (Å²) in [5, 5.41) is 5.98. The molecule has 5 heteroatoms. The lowest BCUT2D eigenvalue weighted by atomic mass is 9.49. The predicted octanol–water partition coefficient (Wildman–Crippen LogP) is 4.49. The van der Waals surface area contributed by atoms with Crippen LogP contribution in [0.1, 0.15) is 48.9 Å². The van der Waals surface area contributed by atoms with Gasteiger partial charge < -0.3 is 10.6 Å². The number of carbonyl (C=O) groups excluding carboxylic acids is 2. The Morgan fingerprint density at radius 3 is 1.89 bits per heavy atom. The quantitative estimate of drug-likeness (QED) is 0.827. The van der Waals surface area contributed by atoms with E-state index in [1.54, 1.807) is 36.7 Å². The number of hydrogen-bond donors (Lipinski definition) is 2. The summed E-state index contributed by atoms with van der Waals surface area (Å²) >= 11 is 0. The van der Waals surface area contributed by atoms with Crippen molar-refractivity contribution in [3.63, 3.8) is 0 Å². The SMILES string of the molecule is O=C(Nc1ccncc1)c1ccc(NC(=O)C23CC4CC(CC(C4)C2)C3)cc1. The normalized spacial score (nSPS) is 30.1. The Morgan fingerprint density at radius 2 is 1.32 bits per heavy atom. The highest BCUT2D eigenvalue weighted by atomic mass is 16.2. The number of aromatic nitrogens is 1. The highest BCUT2D eigenvalue weighted by Crippen LogP contribution is 2.60. The van der Waals surface area contributed by atoms with Gasteiger partial charge in [0.15, 0.2) is 0 Å². The van der Waals surface area contributed by atoms with Crippen molar-refractivity contribution in [2.45, 2.75) is 38.5 Å². The first-order valence-electron chi connectivity index (χ1n) is 10.2. The fraction of sp³-hybridized carbons (Fsp3) is 0.435. The van der Waals surface area contributed by atoms with Crippen molar-refractivity contribution in [2.24, 2.45) is 23.2 Å². The standard InChI is InChI=1S/C23H25N3O2/c27-21(25-20-5-7-24-8-6-20)18-1-3-19(4-2-18)26-22(28)23-12-15-9-16(13-23)11-17(10-15)14-23/h1-8,15-17H,9-14H2,(H,26,28)(H,24,25,27). The molecule has 1 heterocycles. The van der Waals surface area contributed by atoms with Gasteiger partial charge in [0.25, 0.3) is 5.91 Å². The smallest absolute Gasteiger partial charge is 0.255 e. The van der Waals surface area contributed by atoms with E-state index in [0.717, 1.165) is 42.7 Å². The molecule has 0 saturated heterocycles.